The van der Waals surface area contributed by atoms with Crippen molar-refractivity contribution in [3.63, 3.8) is 0 Å². The Balaban J connectivity index is 2.56. The number of ether oxygens (including phenoxy) is 2. The van der Waals surface area contributed by atoms with Gasteiger partial charge in [-0.05, 0) is 56.3 Å². The third kappa shape index (κ3) is 6.40. The maximum Gasteiger partial charge on any atom is 0.122 e. The fourth-order valence-corrected chi connectivity index (χ4v) is 2.46. The van der Waals surface area contributed by atoms with Gasteiger partial charge in [-0.1, -0.05) is 25.1 Å². The molecule has 0 aliphatic carbocycles. The molecule has 0 aliphatic heterocycles. The van der Waals surface area contributed by atoms with Crippen LogP contribution in [0.25, 0.3) is 0 Å². The van der Waals surface area contributed by atoms with Crippen molar-refractivity contribution in [3.8, 4) is 5.75 Å². The lowest BCUT2D eigenvalue weighted by atomic mass is 9.94. The van der Waals surface area contributed by atoms with Gasteiger partial charge in [0.15, 0.2) is 0 Å². The Bertz CT molecular complexity index is 345. The Kier molecular flexibility index (Phi) is 9.09. The molecule has 20 heavy (non-hydrogen) atoms. The molecule has 3 heteroatoms. The van der Waals surface area contributed by atoms with Crippen LogP contribution in [-0.4, -0.2) is 33.9 Å². The molecule has 1 atom stereocenters. The van der Waals surface area contributed by atoms with E-state index in [1.54, 1.807) is 14.2 Å². The Morgan fingerprint density at radius 1 is 1.20 bits per heavy atom. The maximum atomic E-state index is 5.45. The van der Waals surface area contributed by atoms with Crippen LogP contribution in [0.3, 0.4) is 0 Å². The van der Waals surface area contributed by atoms with E-state index in [0.717, 1.165) is 38.3 Å². The first-order valence-corrected chi connectivity index (χ1v) is 7.63. The highest BCUT2D eigenvalue weighted by molar-refractivity contribution is 5.33. The number of rotatable bonds is 11. The predicted molar refractivity (Wildman–Crippen MR) is 84.5 cm³/mol. The summed E-state index contributed by atoms with van der Waals surface area (Å²) in [5, 5.41) is 3.54. The van der Waals surface area contributed by atoms with Crippen molar-refractivity contribution in [2.45, 2.75) is 32.6 Å². The first-order chi connectivity index (χ1) is 9.81. The first-order valence-electron chi connectivity index (χ1n) is 7.63. The van der Waals surface area contributed by atoms with Crippen molar-refractivity contribution in [1.82, 2.24) is 5.32 Å². The topological polar surface area (TPSA) is 30.5 Å². The molecule has 0 bridgehead atoms. The SMILES string of the molecule is CCCNCC(CCCOC)Cc1ccccc1OC. The molecule has 1 aromatic carbocycles. The lowest BCUT2D eigenvalue weighted by Gasteiger charge is -2.19. The highest BCUT2D eigenvalue weighted by Gasteiger charge is 2.12. The van der Waals surface area contributed by atoms with Gasteiger partial charge in [0.2, 0.25) is 0 Å². The van der Waals surface area contributed by atoms with Crippen molar-refractivity contribution in [2.75, 3.05) is 33.9 Å². The van der Waals surface area contributed by atoms with E-state index < -0.39 is 0 Å². The summed E-state index contributed by atoms with van der Waals surface area (Å²) < 4.78 is 10.6. The third-order valence-corrected chi connectivity index (χ3v) is 3.52. The number of hydrogen-bond donors (Lipinski definition) is 1. The van der Waals surface area contributed by atoms with Crippen molar-refractivity contribution < 1.29 is 9.47 Å². The molecule has 1 rings (SSSR count). The fourth-order valence-electron chi connectivity index (χ4n) is 2.46. The first kappa shape index (κ1) is 17.0. The van der Waals surface area contributed by atoms with Gasteiger partial charge in [-0.15, -0.1) is 0 Å². The van der Waals surface area contributed by atoms with E-state index in [1.165, 1.54) is 18.4 Å². The fraction of sp³-hybridized carbons (Fsp3) is 0.647. The van der Waals surface area contributed by atoms with Crippen LogP contribution in [0.2, 0.25) is 0 Å². The quantitative estimate of drug-likeness (QED) is 0.631. The molecular weight excluding hydrogens is 250 g/mol. The van der Waals surface area contributed by atoms with Crippen molar-refractivity contribution in [3.05, 3.63) is 29.8 Å². The predicted octanol–water partition coefficient (Wildman–Crippen LogP) is 3.28. The summed E-state index contributed by atoms with van der Waals surface area (Å²) in [5.74, 6) is 1.63. The highest BCUT2D eigenvalue weighted by atomic mass is 16.5. The molecule has 0 aromatic heterocycles. The van der Waals surface area contributed by atoms with Crippen molar-refractivity contribution >= 4 is 0 Å². The molecule has 0 saturated carbocycles. The molecule has 0 spiro atoms. The second-order valence-corrected chi connectivity index (χ2v) is 5.22. The maximum absolute atomic E-state index is 5.45. The highest BCUT2D eigenvalue weighted by Crippen LogP contribution is 2.22. The van der Waals surface area contributed by atoms with E-state index in [9.17, 15) is 0 Å². The van der Waals surface area contributed by atoms with Crippen molar-refractivity contribution in [2.24, 2.45) is 5.92 Å². The molecule has 1 aromatic rings. The second-order valence-electron chi connectivity index (χ2n) is 5.22. The van der Waals surface area contributed by atoms with Gasteiger partial charge in [0.1, 0.15) is 5.75 Å². The zero-order valence-corrected chi connectivity index (χ0v) is 13.2. The molecule has 0 radical (unpaired) electrons. The van der Waals surface area contributed by atoms with Gasteiger partial charge in [0.25, 0.3) is 0 Å². The van der Waals surface area contributed by atoms with Crippen LogP contribution >= 0.6 is 0 Å². The van der Waals surface area contributed by atoms with E-state index in [1.807, 2.05) is 12.1 Å². The van der Waals surface area contributed by atoms with E-state index >= 15 is 0 Å². The van der Waals surface area contributed by atoms with E-state index in [2.05, 4.69) is 24.4 Å². The molecule has 0 saturated heterocycles. The van der Waals surface area contributed by atoms with Gasteiger partial charge in [0, 0.05) is 13.7 Å². The number of nitrogens with one attached hydrogen (secondary N) is 1. The van der Waals surface area contributed by atoms with E-state index in [0.29, 0.717) is 5.92 Å². The summed E-state index contributed by atoms with van der Waals surface area (Å²) in [6, 6.07) is 8.32. The van der Waals surface area contributed by atoms with Crippen LogP contribution in [0.4, 0.5) is 0 Å². The Labute approximate surface area is 123 Å². The molecule has 0 fully saturated rings. The third-order valence-electron chi connectivity index (χ3n) is 3.52. The summed E-state index contributed by atoms with van der Waals surface area (Å²) >= 11 is 0. The van der Waals surface area contributed by atoms with Crippen LogP contribution in [0.5, 0.6) is 5.75 Å². The summed E-state index contributed by atoms with van der Waals surface area (Å²) in [5.41, 5.74) is 1.30. The number of hydrogen-bond acceptors (Lipinski definition) is 3. The van der Waals surface area contributed by atoms with Gasteiger partial charge in [0.05, 0.1) is 7.11 Å². The average molecular weight is 279 g/mol. The molecule has 0 amide bonds. The zero-order chi connectivity index (χ0) is 14.6. The van der Waals surface area contributed by atoms with Gasteiger partial charge in [-0.25, -0.2) is 0 Å². The lowest BCUT2D eigenvalue weighted by Crippen LogP contribution is -2.25. The van der Waals surface area contributed by atoms with Crippen LogP contribution in [0, 0.1) is 5.92 Å². The van der Waals surface area contributed by atoms with Crippen LogP contribution in [0.1, 0.15) is 31.7 Å². The molecular formula is C17H29NO2. The van der Waals surface area contributed by atoms with Crippen LogP contribution < -0.4 is 10.1 Å². The molecule has 0 aliphatic rings. The summed E-state index contributed by atoms with van der Waals surface area (Å²) in [6.07, 6.45) is 4.54. The van der Waals surface area contributed by atoms with Gasteiger partial charge < -0.3 is 14.8 Å². The van der Waals surface area contributed by atoms with Crippen LogP contribution in [0.15, 0.2) is 24.3 Å². The summed E-state index contributed by atoms with van der Waals surface area (Å²) in [7, 11) is 3.51. The molecule has 0 heterocycles. The smallest absolute Gasteiger partial charge is 0.122 e. The summed E-state index contributed by atoms with van der Waals surface area (Å²) in [6.45, 7) is 5.20. The number of methoxy groups -OCH3 is 2. The molecule has 1 N–H and O–H groups in total. The molecule has 1 unspecified atom stereocenters. The lowest BCUT2D eigenvalue weighted by molar-refractivity contribution is 0.186. The Morgan fingerprint density at radius 3 is 2.70 bits per heavy atom. The van der Waals surface area contributed by atoms with Crippen molar-refractivity contribution in [1.29, 1.82) is 0 Å². The van der Waals surface area contributed by atoms with E-state index in [4.69, 9.17) is 9.47 Å². The Hall–Kier alpha value is -1.06. The van der Waals surface area contributed by atoms with Gasteiger partial charge in [-0.2, -0.15) is 0 Å². The van der Waals surface area contributed by atoms with Gasteiger partial charge in [-0.3, -0.25) is 0 Å². The minimum Gasteiger partial charge on any atom is -0.496 e. The minimum atomic E-state index is 0.632. The average Bonchev–Trinajstić information content (AvgIpc) is 2.48. The minimum absolute atomic E-state index is 0.632. The summed E-state index contributed by atoms with van der Waals surface area (Å²) in [4.78, 5) is 0. The second kappa shape index (κ2) is 10.7. The van der Waals surface area contributed by atoms with E-state index in [-0.39, 0.29) is 0 Å². The van der Waals surface area contributed by atoms with Crippen LogP contribution in [-0.2, 0) is 11.2 Å². The zero-order valence-electron chi connectivity index (χ0n) is 13.2. The largest absolute Gasteiger partial charge is 0.496 e. The van der Waals surface area contributed by atoms with Gasteiger partial charge >= 0.3 is 0 Å². The molecule has 3 nitrogen and oxygen atoms in total. The number of benzene rings is 1. The standard InChI is InChI=1S/C17H29NO2/c1-4-11-18-14-15(8-7-12-19-2)13-16-9-5-6-10-17(16)20-3/h5-6,9-10,15,18H,4,7-8,11-14H2,1-3H3. The molecule has 114 valence electrons. The Morgan fingerprint density at radius 2 is 2.00 bits per heavy atom. The number of para-hydroxylation sites is 1. The normalized spacial score (nSPS) is 12.3. The monoisotopic (exact) mass is 279 g/mol.